The van der Waals surface area contributed by atoms with Crippen LogP contribution in [0.15, 0.2) is 11.1 Å². The zero-order chi connectivity index (χ0) is 11.6. The molecule has 16 heavy (non-hydrogen) atoms. The molecule has 0 spiro atoms. The molecule has 2 nitrogen and oxygen atoms in total. The highest BCUT2D eigenvalue weighted by molar-refractivity contribution is 8.02. The number of nitrogens with zero attached hydrogens (tertiary/aromatic N) is 1. The Hall–Kier alpha value is -0.440. The third kappa shape index (κ3) is 2.82. The van der Waals surface area contributed by atoms with Gasteiger partial charge in [0.1, 0.15) is 13.1 Å². The highest BCUT2D eigenvalue weighted by atomic mass is 32.2. The molecule has 1 fully saturated rings. The summed E-state index contributed by atoms with van der Waals surface area (Å²) in [5, 5.41) is 4.90. The van der Waals surface area contributed by atoms with Gasteiger partial charge in [-0.3, -0.25) is 0 Å². The predicted molar refractivity (Wildman–Crippen MR) is 72.3 cm³/mol. The van der Waals surface area contributed by atoms with Crippen LogP contribution in [0.25, 0.3) is 0 Å². The first-order chi connectivity index (χ1) is 7.61. The Kier molecular flexibility index (Phi) is 3.63. The Morgan fingerprint density at radius 1 is 1.25 bits per heavy atom. The third-order valence-electron chi connectivity index (χ3n) is 3.36. The van der Waals surface area contributed by atoms with Gasteiger partial charge >= 0.3 is 0 Å². The normalized spacial score (nSPS) is 25.1. The van der Waals surface area contributed by atoms with E-state index in [9.17, 15) is 0 Å². The van der Waals surface area contributed by atoms with Gasteiger partial charge in [-0.1, -0.05) is 0 Å². The van der Waals surface area contributed by atoms with E-state index in [0.717, 1.165) is 6.42 Å². The lowest BCUT2D eigenvalue weighted by Gasteiger charge is -2.32. The average Bonchev–Trinajstić information content (AvgIpc) is 2.28. The maximum Gasteiger partial charge on any atom is 0.180 e. The van der Waals surface area contributed by atoms with Crippen LogP contribution in [0.5, 0.6) is 0 Å². The van der Waals surface area contributed by atoms with E-state index in [0.29, 0.717) is 0 Å². The molecule has 0 atom stereocenters. The average molecular weight is 239 g/mol. The minimum atomic E-state index is 0.208. The topological polar surface area (TPSA) is 15.0 Å². The van der Waals surface area contributed by atoms with Crippen molar-refractivity contribution in [2.75, 3.05) is 19.3 Å². The fraction of sp³-hybridized carbons (Fsp3) is 0.769. The van der Waals surface area contributed by atoms with Gasteiger partial charge in [0, 0.05) is 24.5 Å². The van der Waals surface area contributed by atoms with Crippen LogP contribution in [0.3, 0.4) is 0 Å². The highest BCUT2D eigenvalue weighted by Gasteiger charge is 2.30. The van der Waals surface area contributed by atoms with Crippen molar-refractivity contribution in [2.45, 2.75) is 45.1 Å². The minimum Gasteiger partial charge on any atom is -0.374 e. The van der Waals surface area contributed by atoms with Crippen LogP contribution in [0.2, 0.25) is 0 Å². The lowest BCUT2D eigenvalue weighted by Crippen LogP contribution is -2.45. The Balaban J connectivity index is 2.25. The number of allylic oxidation sites excluding steroid dienone is 1. The largest absolute Gasteiger partial charge is 0.374 e. The van der Waals surface area contributed by atoms with E-state index in [1.54, 1.807) is 0 Å². The van der Waals surface area contributed by atoms with Gasteiger partial charge in [0.2, 0.25) is 0 Å². The first kappa shape index (κ1) is 12.0. The fourth-order valence-corrected chi connectivity index (χ4v) is 3.20. The molecule has 0 amide bonds. The summed E-state index contributed by atoms with van der Waals surface area (Å²) < 4.78 is 2.59. The number of nitrogens with one attached hydrogen (secondary N) is 1. The Morgan fingerprint density at radius 2 is 1.94 bits per heavy atom. The van der Waals surface area contributed by atoms with Gasteiger partial charge in [-0.25, -0.2) is 4.58 Å². The van der Waals surface area contributed by atoms with Gasteiger partial charge in [-0.2, -0.15) is 0 Å². The summed E-state index contributed by atoms with van der Waals surface area (Å²) in [7, 11) is 0. The third-order valence-corrected chi connectivity index (χ3v) is 4.02. The summed E-state index contributed by atoms with van der Waals surface area (Å²) in [5.41, 5.74) is 1.74. The second-order valence-corrected chi connectivity index (χ2v) is 6.29. The zero-order valence-corrected chi connectivity index (χ0v) is 11.5. The minimum absolute atomic E-state index is 0.208. The molecule has 2 heterocycles. The first-order valence-electron chi connectivity index (χ1n) is 6.25. The Morgan fingerprint density at radius 3 is 2.56 bits per heavy atom. The van der Waals surface area contributed by atoms with Crippen LogP contribution in [-0.4, -0.2) is 35.2 Å². The van der Waals surface area contributed by atoms with Crippen LogP contribution in [-0.2, 0) is 0 Å². The van der Waals surface area contributed by atoms with E-state index in [2.05, 4.69) is 36.1 Å². The SMILES string of the molecule is CSC1=CC(=[N+]2CCCCC2)CC(C)(C)N1. The van der Waals surface area contributed by atoms with Crippen molar-refractivity contribution in [2.24, 2.45) is 0 Å². The fourth-order valence-electron chi connectivity index (χ4n) is 2.56. The molecule has 1 saturated heterocycles. The lowest BCUT2D eigenvalue weighted by molar-refractivity contribution is -0.538. The van der Waals surface area contributed by atoms with Crippen LogP contribution in [0, 0.1) is 0 Å². The van der Waals surface area contributed by atoms with Crippen LogP contribution >= 0.6 is 11.8 Å². The first-order valence-corrected chi connectivity index (χ1v) is 7.48. The number of piperidine rings is 1. The van der Waals surface area contributed by atoms with Crippen molar-refractivity contribution < 1.29 is 4.58 Å². The quantitative estimate of drug-likeness (QED) is 0.708. The maximum absolute atomic E-state index is 3.59. The van der Waals surface area contributed by atoms with Gasteiger partial charge < -0.3 is 5.32 Å². The second kappa shape index (κ2) is 4.82. The lowest BCUT2D eigenvalue weighted by atomic mass is 9.94. The zero-order valence-electron chi connectivity index (χ0n) is 10.7. The van der Waals surface area contributed by atoms with Crippen molar-refractivity contribution in [3.05, 3.63) is 11.1 Å². The van der Waals surface area contributed by atoms with Crippen molar-refractivity contribution >= 4 is 17.5 Å². The second-order valence-electron chi connectivity index (χ2n) is 5.44. The van der Waals surface area contributed by atoms with Gasteiger partial charge in [-0.15, -0.1) is 11.8 Å². The molecule has 0 bridgehead atoms. The Labute approximate surface area is 103 Å². The molecule has 2 aliphatic heterocycles. The van der Waals surface area contributed by atoms with E-state index in [-0.39, 0.29) is 5.54 Å². The van der Waals surface area contributed by atoms with Crippen LogP contribution in [0.1, 0.15) is 39.5 Å². The molecule has 0 aromatic heterocycles. The number of hydrogen-bond acceptors (Lipinski definition) is 2. The summed E-state index contributed by atoms with van der Waals surface area (Å²) in [6.07, 6.45) is 9.77. The Bertz CT molecular complexity index is 321. The monoisotopic (exact) mass is 239 g/mol. The van der Waals surface area contributed by atoms with E-state index >= 15 is 0 Å². The summed E-state index contributed by atoms with van der Waals surface area (Å²) in [5.74, 6) is 0. The van der Waals surface area contributed by atoms with Crippen molar-refractivity contribution in [3.8, 4) is 0 Å². The van der Waals surface area contributed by atoms with Gasteiger partial charge in [-0.05, 0) is 26.5 Å². The van der Waals surface area contributed by atoms with Gasteiger partial charge in [0.25, 0.3) is 0 Å². The predicted octanol–water partition coefficient (Wildman–Crippen LogP) is 2.60. The van der Waals surface area contributed by atoms with Crippen molar-refractivity contribution in [1.29, 1.82) is 0 Å². The summed E-state index contributed by atoms with van der Waals surface area (Å²) in [6, 6.07) is 0. The number of thioether (sulfide) groups is 1. The van der Waals surface area contributed by atoms with E-state index < -0.39 is 0 Å². The molecule has 3 heteroatoms. The van der Waals surface area contributed by atoms with Gasteiger partial charge in [0.05, 0.1) is 11.4 Å². The van der Waals surface area contributed by atoms with E-state index in [1.807, 2.05) is 11.8 Å². The molecule has 1 N–H and O–H groups in total. The molecule has 0 aliphatic carbocycles. The summed E-state index contributed by atoms with van der Waals surface area (Å²) in [6.45, 7) is 7.09. The number of hydrogen-bond donors (Lipinski definition) is 1. The van der Waals surface area contributed by atoms with Gasteiger partial charge in [0.15, 0.2) is 5.71 Å². The molecular weight excluding hydrogens is 216 g/mol. The number of rotatable bonds is 1. The van der Waals surface area contributed by atoms with E-state index in [4.69, 9.17) is 0 Å². The van der Waals surface area contributed by atoms with Crippen LogP contribution in [0.4, 0.5) is 0 Å². The standard InChI is InChI=1S/C13H22N2S/c1-13(2)10-11(9-12(14-13)16-3)15-7-5-4-6-8-15/h9H,4-8,10H2,1-3H3/p+1. The molecule has 2 aliphatic rings. The molecule has 0 saturated carbocycles. The highest BCUT2D eigenvalue weighted by Crippen LogP contribution is 2.23. The smallest absolute Gasteiger partial charge is 0.180 e. The van der Waals surface area contributed by atoms with E-state index in [1.165, 1.54) is 43.1 Å². The molecule has 0 radical (unpaired) electrons. The molecule has 90 valence electrons. The molecule has 0 aromatic rings. The molecule has 0 aromatic carbocycles. The summed E-state index contributed by atoms with van der Waals surface area (Å²) in [4.78, 5) is 0. The van der Waals surface area contributed by atoms with Crippen molar-refractivity contribution in [1.82, 2.24) is 5.32 Å². The maximum atomic E-state index is 3.59. The molecule has 0 unspecified atom stereocenters. The summed E-state index contributed by atoms with van der Waals surface area (Å²) >= 11 is 1.82. The van der Waals surface area contributed by atoms with Crippen LogP contribution < -0.4 is 5.32 Å². The van der Waals surface area contributed by atoms with Crippen molar-refractivity contribution in [3.63, 3.8) is 0 Å². The molecule has 2 rings (SSSR count). The molecular formula is C13H23N2S+.